The number of anilines is 1. The van der Waals surface area contributed by atoms with Crippen molar-refractivity contribution in [3.05, 3.63) is 29.8 Å². The molecule has 1 aromatic heterocycles. The summed E-state index contributed by atoms with van der Waals surface area (Å²) in [7, 11) is 3.59. The maximum Gasteiger partial charge on any atom is 0.333 e. The van der Waals surface area contributed by atoms with E-state index in [4.69, 9.17) is 9.84 Å². The van der Waals surface area contributed by atoms with Gasteiger partial charge >= 0.3 is 5.97 Å². The fourth-order valence-electron chi connectivity index (χ4n) is 2.16. The molecule has 1 atom stereocenters. The molecule has 0 saturated carbocycles. The normalized spacial score (nSPS) is 12.1. The molecule has 7 nitrogen and oxygen atoms in total. The van der Waals surface area contributed by atoms with Crippen LogP contribution in [0.25, 0.3) is 11.4 Å². The second kappa shape index (κ2) is 7.04. The van der Waals surface area contributed by atoms with Gasteiger partial charge in [-0.05, 0) is 12.5 Å². The van der Waals surface area contributed by atoms with E-state index in [0.29, 0.717) is 19.0 Å². The summed E-state index contributed by atoms with van der Waals surface area (Å²) in [6, 6.07) is 7.59. The van der Waals surface area contributed by atoms with Gasteiger partial charge in [-0.1, -0.05) is 24.3 Å². The molecule has 0 aliphatic rings. The number of ether oxygens (including phenoxy) is 1. The van der Waals surface area contributed by atoms with E-state index in [1.165, 1.54) is 0 Å². The molecular weight excluding hydrogens is 284 g/mol. The number of carbonyl (C=O) groups is 1. The lowest BCUT2D eigenvalue weighted by Gasteiger charge is -2.12. The maximum atomic E-state index is 11.1. The van der Waals surface area contributed by atoms with Crippen LogP contribution in [-0.2, 0) is 23.0 Å². The molecule has 0 bridgehead atoms. The second-order valence-electron chi connectivity index (χ2n) is 4.82. The van der Waals surface area contributed by atoms with Crippen LogP contribution in [-0.4, -0.2) is 45.6 Å². The SMILES string of the molecule is CCO[C@@H](Cc1ccc(-c2nc(NC)nn2C)cc1)C(=O)O. The Bertz CT molecular complexity index is 637. The smallest absolute Gasteiger partial charge is 0.333 e. The minimum Gasteiger partial charge on any atom is -0.479 e. The van der Waals surface area contributed by atoms with Crippen molar-refractivity contribution in [2.45, 2.75) is 19.4 Å². The van der Waals surface area contributed by atoms with Crippen LogP contribution in [0.3, 0.4) is 0 Å². The maximum absolute atomic E-state index is 11.1. The number of hydrogen-bond donors (Lipinski definition) is 2. The highest BCUT2D eigenvalue weighted by Gasteiger charge is 2.18. The third-order valence-corrected chi connectivity index (χ3v) is 3.26. The largest absolute Gasteiger partial charge is 0.479 e. The Hall–Kier alpha value is -2.41. The van der Waals surface area contributed by atoms with Crippen LogP contribution in [0.5, 0.6) is 0 Å². The summed E-state index contributed by atoms with van der Waals surface area (Å²) in [5, 5.41) is 16.2. The van der Waals surface area contributed by atoms with E-state index < -0.39 is 12.1 Å². The molecule has 0 amide bonds. The molecular formula is C15H20N4O3. The zero-order valence-corrected chi connectivity index (χ0v) is 12.9. The molecule has 0 radical (unpaired) electrons. The first-order valence-electron chi connectivity index (χ1n) is 7.07. The van der Waals surface area contributed by atoms with Gasteiger partial charge in [-0.15, -0.1) is 5.10 Å². The number of nitrogens with one attached hydrogen (secondary N) is 1. The molecule has 0 unspecified atom stereocenters. The van der Waals surface area contributed by atoms with Gasteiger partial charge in [0.05, 0.1) is 0 Å². The van der Waals surface area contributed by atoms with Crippen LogP contribution in [0.4, 0.5) is 5.95 Å². The first kappa shape index (κ1) is 16.0. The Morgan fingerprint density at radius 3 is 2.59 bits per heavy atom. The third-order valence-electron chi connectivity index (χ3n) is 3.26. The van der Waals surface area contributed by atoms with Gasteiger partial charge in [0.2, 0.25) is 5.95 Å². The lowest BCUT2D eigenvalue weighted by Crippen LogP contribution is -2.26. The van der Waals surface area contributed by atoms with E-state index >= 15 is 0 Å². The molecule has 7 heteroatoms. The van der Waals surface area contributed by atoms with Gasteiger partial charge in [0, 0.05) is 32.7 Å². The summed E-state index contributed by atoms with van der Waals surface area (Å²) in [6.45, 7) is 2.16. The summed E-state index contributed by atoms with van der Waals surface area (Å²) in [4.78, 5) is 15.5. The van der Waals surface area contributed by atoms with Crippen LogP contribution < -0.4 is 5.32 Å². The number of aliphatic carboxylic acids is 1. The predicted octanol–water partition coefficient (Wildman–Crippen LogP) is 1.56. The quantitative estimate of drug-likeness (QED) is 0.807. The van der Waals surface area contributed by atoms with Gasteiger partial charge in [-0.3, -0.25) is 0 Å². The number of rotatable bonds is 7. The number of aryl methyl sites for hydroxylation is 1. The highest BCUT2D eigenvalue weighted by atomic mass is 16.5. The predicted molar refractivity (Wildman–Crippen MR) is 82.7 cm³/mol. The van der Waals surface area contributed by atoms with E-state index in [9.17, 15) is 4.79 Å². The average molecular weight is 304 g/mol. The molecule has 22 heavy (non-hydrogen) atoms. The lowest BCUT2D eigenvalue weighted by molar-refractivity contribution is -0.149. The van der Waals surface area contributed by atoms with E-state index in [2.05, 4.69) is 15.4 Å². The summed E-state index contributed by atoms with van der Waals surface area (Å²) in [5.74, 6) is 0.359. The van der Waals surface area contributed by atoms with Gasteiger partial charge in [-0.2, -0.15) is 4.98 Å². The minimum atomic E-state index is -0.946. The first-order valence-corrected chi connectivity index (χ1v) is 7.07. The van der Waals surface area contributed by atoms with Crippen molar-refractivity contribution >= 4 is 11.9 Å². The Balaban J connectivity index is 2.15. The fourth-order valence-corrected chi connectivity index (χ4v) is 2.16. The zero-order valence-electron chi connectivity index (χ0n) is 12.9. The van der Waals surface area contributed by atoms with Gasteiger partial charge in [0.15, 0.2) is 11.9 Å². The highest BCUT2D eigenvalue weighted by Crippen LogP contribution is 2.19. The number of benzene rings is 1. The monoisotopic (exact) mass is 304 g/mol. The Kier molecular flexibility index (Phi) is 5.11. The molecule has 118 valence electrons. The molecule has 1 aromatic carbocycles. The zero-order chi connectivity index (χ0) is 16.1. The van der Waals surface area contributed by atoms with Crippen LogP contribution in [0.2, 0.25) is 0 Å². The van der Waals surface area contributed by atoms with Gasteiger partial charge in [-0.25, -0.2) is 9.48 Å². The van der Waals surface area contributed by atoms with Crippen LogP contribution in [0, 0.1) is 0 Å². The summed E-state index contributed by atoms with van der Waals surface area (Å²) in [5.41, 5.74) is 1.82. The number of carboxylic acid groups (broad SMARTS) is 1. The van der Waals surface area contributed by atoms with E-state index in [0.717, 1.165) is 17.0 Å². The topological polar surface area (TPSA) is 89.3 Å². The molecule has 1 heterocycles. The molecule has 0 aliphatic heterocycles. The number of aromatic nitrogens is 3. The Labute approximate surface area is 128 Å². The third kappa shape index (κ3) is 3.62. The molecule has 2 aromatic rings. The number of hydrogen-bond acceptors (Lipinski definition) is 5. The molecule has 0 saturated heterocycles. The second-order valence-corrected chi connectivity index (χ2v) is 4.82. The standard InChI is InChI=1S/C15H20N4O3/c1-4-22-12(14(20)21)9-10-5-7-11(8-6-10)13-17-15(16-2)18-19(13)3/h5-8,12H,4,9H2,1-3H3,(H,16,18)(H,20,21)/t12-/m0/s1. The van der Waals surface area contributed by atoms with Crippen molar-refractivity contribution in [2.24, 2.45) is 7.05 Å². The lowest BCUT2D eigenvalue weighted by atomic mass is 10.1. The molecule has 2 N–H and O–H groups in total. The number of nitrogens with zero attached hydrogens (tertiary/aromatic N) is 3. The Morgan fingerprint density at radius 1 is 1.41 bits per heavy atom. The summed E-state index contributed by atoms with van der Waals surface area (Å²) in [6.07, 6.45) is -0.481. The molecule has 0 fully saturated rings. The van der Waals surface area contributed by atoms with Crippen molar-refractivity contribution in [1.29, 1.82) is 0 Å². The van der Waals surface area contributed by atoms with Crippen molar-refractivity contribution < 1.29 is 14.6 Å². The molecule has 2 rings (SSSR count). The van der Waals surface area contributed by atoms with Crippen molar-refractivity contribution in [1.82, 2.24) is 14.8 Å². The summed E-state index contributed by atoms with van der Waals surface area (Å²) >= 11 is 0. The van der Waals surface area contributed by atoms with Gasteiger partial charge < -0.3 is 15.2 Å². The van der Waals surface area contributed by atoms with Crippen LogP contribution in [0.15, 0.2) is 24.3 Å². The minimum absolute atomic E-state index is 0.337. The van der Waals surface area contributed by atoms with Gasteiger partial charge in [0.25, 0.3) is 0 Å². The highest BCUT2D eigenvalue weighted by molar-refractivity contribution is 5.72. The first-order chi connectivity index (χ1) is 10.5. The fraction of sp³-hybridized carbons (Fsp3) is 0.400. The summed E-state index contributed by atoms with van der Waals surface area (Å²) < 4.78 is 6.92. The average Bonchev–Trinajstić information content (AvgIpc) is 2.88. The van der Waals surface area contributed by atoms with E-state index in [1.807, 2.05) is 31.3 Å². The van der Waals surface area contributed by atoms with Crippen LogP contribution >= 0.6 is 0 Å². The van der Waals surface area contributed by atoms with Crippen molar-refractivity contribution in [3.63, 3.8) is 0 Å². The Morgan fingerprint density at radius 2 is 2.09 bits per heavy atom. The molecule has 0 aliphatic carbocycles. The van der Waals surface area contributed by atoms with E-state index in [1.54, 1.807) is 18.7 Å². The van der Waals surface area contributed by atoms with Gasteiger partial charge in [0.1, 0.15) is 0 Å². The molecule has 0 spiro atoms. The number of carboxylic acids is 1. The van der Waals surface area contributed by atoms with E-state index in [-0.39, 0.29) is 0 Å². The van der Waals surface area contributed by atoms with Crippen LogP contribution in [0.1, 0.15) is 12.5 Å². The van der Waals surface area contributed by atoms with Crippen molar-refractivity contribution in [3.8, 4) is 11.4 Å². The van der Waals surface area contributed by atoms with Crippen molar-refractivity contribution in [2.75, 3.05) is 19.0 Å².